The maximum atomic E-state index is 12.5. The predicted molar refractivity (Wildman–Crippen MR) is 107 cm³/mol. The summed E-state index contributed by atoms with van der Waals surface area (Å²) in [4.78, 5) is 12.5. The first-order chi connectivity index (χ1) is 11.6. The highest BCUT2D eigenvalue weighted by Gasteiger charge is 2.16. The van der Waals surface area contributed by atoms with Gasteiger partial charge in [-0.15, -0.1) is 0 Å². The average Bonchev–Trinajstić information content (AvgIpc) is 2.62. The van der Waals surface area contributed by atoms with Crippen LogP contribution >= 0.6 is 22.6 Å². The Balaban J connectivity index is 1.80. The number of rotatable bonds is 4. The second-order valence-corrected chi connectivity index (χ2v) is 6.94. The van der Waals surface area contributed by atoms with Crippen LogP contribution in [0.25, 0.3) is 10.8 Å². The lowest BCUT2D eigenvalue weighted by Gasteiger charge is -2.14. The van der Waals surface area contributed by atoms with Gasteiger partial charge in [0.15, 0.2) is 0 Å². The molecule has 3 nitrogen and oxygen atoms in total. The number of hydrogen-bond acceptors (Lipinski definition) is 2. The number of ether oxygens (including phenoxy) is 1. The lowest BCUT2D eigenvalue weighted by atomic mass is 9.97. The summed E-state index contributed by atoms with van der Waals surface area (Å²) in [5, 5.41) is 5.17. The van der Waals surface area contributed by atoms with E-state index in [1.165, 1.54) is 0 Å². The van der Waals surface area contributed by atoms with E-state index in [1.54, 1.807) is 7.11 Å². The number of fused-ring (bicyclic) bond motifs is 1. The molecule has 122 valence electrons. The number of carbonyl (C=O) groups excluding carboxylic acids is 1. The van der Waals surface area contributed by atoms with Gasteiger partial charge in [-0.1, -0.05) is 24.3 Å². The standard InChI is InChI=1S/C20H18INO2/c1-13(20(23)22-18-8-6-17(21)7-9-18)14-3-4-16-12-19(24-2)10-5-15(16)11-14/h3-13H,1-2H3,(H,22,23)/t13-/m0/s1. The van der Waals surface area contributed by atoms with E-state index in [-0.39, 0.29) is 11.8 Å². The molecule has 1 amide bonds. The molecule has 3 aromatic rings. The zero-order valence-corrected chi connectivity index (χ0v) is 15.7. The fourth-order valence-corrected chi connectivity index (χ4v) is 2.93. The first-order valence-corrected chi connectivity index (χ1v) is 8.79. The molecule has 0 unspecified atom stereocenters. The quantitative estimate of drug-likeness (QED) is 0.578. The molecule has 24 heavy (non-hydrogen) atoms. The van der Waals surface area contributed by atoms with E-state index in [1.807, 2.05) is 61.5 Å². The molecule has 0 fully saturated rings. The summed E-state index contributed by atoms with van der Waals surface area (Å²) in [5.41, 5.74) is 1.81. The van der Waals surface area contributed by atoms with Crippen LogP contribution in [0.4, 0.5) is 5.69 Å². The Hall–Kier alpha value is -2.08. The second kappa shape index (κ2) is 7.21. The van der Waals surface area contributed by atoms with Gasteiger partial charge in [-0.2, -0.15) is 0 Å². The van der Waals surface area contributed by atoms with E-state index >= 15 is 0 Å². The van der Waals surface area contributed by atoms with E-state index in [2.05, 4.69) is 34.0 Å². The van der Waals surface area contributed by atoms with Gasteiger partial charge in [-0.05, 0) is 82.2 Å². The molecule has 0 aliphatic rings. The Morgan fingerprint density at radius 2 is 1.67 bits per heavy atom. The fraction of sp³-hybridized carbons (Fsp3) is 0.150. The Bertz CT molecular complexity index is 874. The van der Waals surface area contributed by atoms with Gasteiger partial charge in [0.1, 0.15) is 5.75 Å². The van der Waals surface area contributed by atoms with Gasteiger partial charge < -0.3 is 10.1 Å². The van der Waals surface area contributed by atoms with Gasteiger partial charge in [-0.3, -0.25) is 4.79 Å². The fourth-order valence-electron chi connectivity index (χ4n) is 2.57. The van der Waals surface area contributed by atoms with Gasteiger partial charge in [-0.25, -0.2) is 0 Å². The minimum absolute atomic E-state index is 0.0101. The Labute approximate surface area is 155 Å². The lowest BCUT2D eigenvalue weighted by molar-refractivity contribution is -0.117. The maximum absolute atomic E-state index is 12.5. The van der Waals surface area contributed by atoms with E-state index < -0.39 is 0 Å². The number of methoxy groups -OCH3 is 1. The Morgan fingerprint density at radius 3 is 2.38 bits per heavy atom. The van der Waals surface area contributed by atoms with Crippen LogP contribution in [0.5, 0.6) is 5.75 Å². The van der Waals surface area contributed by atoms with Gasteiger partial charge in [0.05, 0.1) is 13.0 Å². The molecular weight excluding hydrogens is 413 g/mol. The summed E-state index contributed by atoms with van der Waals surface area (Å²) in [6.45, 7) is 1.92. The molecule has 0 saturated carbocycles. The van der Waals surface area contributed by atoms with Crippen molar-refractivity contribution in [3.63, 3.8) is 0 Å². The lowest BCUT2D eigenvalue weighted by Crippen LogP contribution is -2.18. The topological polar surface area (TPSA) is 38.3 Å². The summed E-state index contributed by atoms with van der Waals surface area (Å²) >= 11 is 2.24. The third-order valence-corrected chi connectivity index (χ3v) is 4.80. The number of carbonyl (C=O) groups is 1. The number of benzene rings is 3. The zero-order valence-electron chi connectivity index (χ0n) is 13.5. The molecule has 0 aliphatic carbocycles. The van der Waals surface area contributed by atoms with Gasteiger partial charge in [0.2, 0.25) is 5.91 Å². The van der Waals surface area contributed by atoms with E-state index in [0.29, 0.717) is 0 Å². The molecule has 0 saturated heterocycles. The first kappa shape index (κ1) is 16.8. The molecule has 3 rings (SSSR count). The minimum atomic E-state index is -0.226. The summed E-state index contributed by atoms with van der Waals surface area (Å²) < 4.78 is 6.39. The smallest absolute Gasteiger partial charge is 0.231 e. The number of nitrogens with one attached hydrogen (secondary N) is 1. The molecule has 4 heteroatoms. The predicted octanol–water partition coefficient (Wildman–Crippen LogP) is 5.20. The highest BCUT2D eigenvalue weighted by molar-refractivity contribution is 14.1. The van der Waals surface area contributed by atoms with E-state index in [9.17, 15) is 4.79 Å². The van der Waals surface area contributed by atoms with Crippen LogP contribution in [0.3, 0.4) is 0 Å². The van der Waals surface area contributed by atoms with Gasteiger partial charge in [0, 0.05) is 9.26 Å². The number of halogens is 1. The number of anilines is 1. The van der Waals surface area contributed by atoms with Crippen molar-refractivity contribution in [1.82, 2.24) is 0 Å². The summed E-state index contributed by atoms with van der Waals surface area (Å²) in [6, 6.07) is 19.8. The van der Waals surface area contributed by atoms with Crippen molar-refractivity contribution in [1.29, 1.82) is 0 Å². The van der Waals surface area contributed by atoms with Crippen LogP contribution in [-0.2, 0) is 4.79 Å². The van der Waals surface area contributed by atoms with Crippen LogP contribution in [0.1, 0.15) is 18.4 Å². The third-order valence-electron chi connectivity index (χ3n) is 4.08. The highest BCUT2D eigenvalue weighted by atomic mass is 127. The van der Waals surface area contributed by atoms with E-state index in [0.717, 1.165) is 31.3 Å². The Kier molecular flexibility index (Phi) is 5.04. The van der Waals surface area contributed by atoms with Crippen molar-refractivity contribution in [2.75, 3.05) is 12.4 Å². The van der Waals surface area contributed by atoms with Gasteiger partial charge in [0.25, 0.3) is 0 Å². The molecule has 1 N–H and O–H groups in total. The SMILES string of the molecule is COc1ccc2cc([C@H](C)C(=O)Nc3ccc(I)cc3)ccc2c1. The molecule has 3 aromatic carbocycles. The molecule has 0 radical (unpaired) electrons. The molecule has 0 spiro atoms. The summed E-state index contributed by atoms with van der Waals surface area (Å²) in [5.74, 6) is 0.597. The molecule has 0 aliphatic heterocycles. The Morgan fingerprint density at radius 1 is 1.00 bits per heavy atom. The van der Waals surface area contributed by atoms with Crippen molar-refractivity contribution in [2.45, 2.75) is 12.8 Å². The van der Waals surface area contributed by atoms with Crippen molar-refractivity contribution in [2.24, 2.45) is 0 Å². The largest absolute Gasteiger partial charge is 0.497 e. The van der Waals surface area contributed by atoms with Crippen molar-refractivity contribution in [3.05, 3.63) is 69.8 Å². The van der Waals surface area contributed by atoms with Crippen LogP contribution in [0.2, 0.25) is 0 Å². The van der Waals surface area contributed by atoms with Crippen molar-refractivity contribution in [3.8, 4) is 5.75 Å². The third kappa shape index (κ3) is 3.70. The average molecular weight is 431 g/mol. The molecule has 0 heterocycles. The molecule has 0 aromatic heterocycles. The molecule has 0 bridgehead atoms. The van der Waals surface area contributed by atoms with Crippen molar-refractivity contribution < 1.29 is 9.53 Å². The second-order valence-electron chi connectivity index (χ2n) is 5.69. The monoisotopic (exact) mass is 431 g/mol. The van der Waals surface area contributed by atoms with Gasteiger partial charge >= 0.3 is 0 Å². The van der Waals surface area contributed by atoms with Crippen LogP contribution < -0.4 is 10.1 Å². The molecular formula is C20H18INO2. The first-order valence-electron chi connectivity index (χ1n) is 7.71. The van der Waals surface area contributed by atoms with Crippen molar-refractivity contribution >= 4 is 45.0 Å². The zero-order chi connectivity index (χ0) is 17.1. The van der Waals surface area contributed by atoms with Crippen LogP contribution in [-0.4, -0.2) is 13.0 Å². The van der Waals surface area contributed by atoms with Crippen LogP contribution in [0.15, 0.2) is 60.7 Å². The number of hydrogen-bond donors (Lipinski definition) is 1. The molecule has 1 atom stereocenters. The normalized spacial score (nSPS) is 12.0. The highest BCUT2D eigenvalue weighted by Crippen LogP contribution is 2.26. The summed E-state index contributed by atoms with van der Waals surface area (Å²) in [6.07, 6.45) is 0. The number of amides is 1. The van der Waals surface area contributed by atoms with Crippen LogP contribution in [0, 0.1) is 3.57 Å². The van der Waals surface area contributed by atoms with E-state index in [4.69, 9.17) is 4.74 Å². The maximum Gasteiger partial charge on any atom is 0.231 e. The summed E-state index contributed by atoms with van der Waals surface area (Å²) in [7, 11) is 1.66. The minimum Gasteiger partial charge on any atom is -0.497 e.